The fourth-order valence-corrected chi connectivity index (χ4v) is 6.10. The summed E-state index contributed by atoms with van der Waals surface area (Å²) in [6.07, 6.45) is 1.80. The largest absolute Gasteiger partial charge is 0.345 e. The highest BCUT2D eigenvalue weighted by atomic mass is 35.5. The van der Waals surface area contributed by atoms with E-state index in [2.05, 4.69) is 41.5 Å². The maximum Gasteiger partial charge on any atom is 0.243 e. The van der Waals surface area contributed by atoms with Crippen molar-refractivity contribution in [1.29, 1.82) is 0 Å². The second-order valence-electron chi connectivity index (χ2n) is 7.44. The number of piperazine rings is 1. The van der Waals surface area contributed by atoms with Crippen LogP contribution in [0.3, 0.4) is 0 Å². The molecule has 1 saturated heterocycles. The molecule has 1 aromatic heterocycles. The molecule has 31 heavy (non-hydrogen) atoms. The number of rotatable bonds is 6. The number of aromatic nitrogens is 1. The lowest BCUT2D eigenvalue weighted by molar-refractivity contribution is 0.384. The number of sulfonamides is 1. The first-order valence-corrected chi connectivity index (χ1v) is 12.8. The summed E-state index contributed by atoms with van der Waals surface area (Å²) in [5.41, 5.74) is 3.56. The Balaban J connectivity index is 1.39. The Morgan fingerprint density at radius 3 is 2.39 bits per heavy atom. The van der Waals surface area contributed by atoms with Crippen LogP contribution in [0.4, 0.5) is 9.52 Å². The third kappa shape index (κ3) is 4.92. The van der Waals surface area contributed by atoms with Crippen molar-refractivity contribution in [2.75, 3.05) is 31.1 Å². The van der Waals surface area contributed by atoms with E-state index in [0.29, 0.717) is 26.2 Å². The molecule has 0 atom stereocenters. The summed E-state index contributed by atoms with van der Waals surface area (Å²) in [7, 11) is -3.71. The van der Waals surface area contributed by atoms with Crippen LogP contribution in [-0.2, 0) is 22.9 Å². The van der Waals surface area contributed by atoms with Crippen LogP contribution in [0.5, 0.6) is 0 Å². The minimum Gasteiger partial charge on any atom is -0.345 e. The number of anilines is 1. The molecule has 2 heterocycles. The summed E-state index contributed by atoms with van der Waals surface area (Å²) >= 11 is 7.34. The fourth-order valence-electron chi connectivity index (χ4n) is 3.53. The highest BCUT2D eigenvalue weighted by Gasteiger charge is 2.29. The van der Waals surface area contributed by atoms with Crippen molar-refractivity contribution in [3.05, 3.63) is 75.5 Å². The monoisotopic (exact) mass is 479 g/mol. The van der Waals surface area contributed by atoms with Gasteiger partial charge < -0.3 is 4.90 Å². The predicted octanol–water partition coefficient (Wildman–Crippen LogP) is 4.60. The van der Waals surface area contributed by atoms with Crippen LogP contribution in [0.1, 0.15) is 23.7 Å². The Morgan fingerprint density at radius 2 is 1.74 bits per heavy atom. The molecule has 0 unspecified atom stereocenters. The molecule has 1 aliphatic heterocycles. The lowest BCUT2D eigenvalue weighted by atomic mass is 10.1. The van der Waals surface area contributed by atoms with Crippen LogP contribution in [0.25, 0.3) is 0 Å². The van der Waals surface area contributed by atoms with Crippen molar-refractivity contribution >= 4 is 38.1 Å². The summed E-state index contributed by atoms with van der Waals surface area (Å²) in [6, 6.07) is 12.1. The zero-order chi connectivity index (χ0) is 22.0. The van der Waals surface area contributed by atoms with Crippen LogP contribution in [0.15, 0.2) is 52.7 Å². The molecule has 0 bridgehead atoms. The molecule has 1 fully saturated rings. The normalized spacial score (nSPS) is 15.4. The molecule has 164 valence electrons. The summed E-state index contributed by atoms with van der Waals surface area (Å²) < 4.78 is 40.5. The summed E-state index contributed by atoms with van der Waals surface area (Å²) in [4.78, 5) is 6.88. The maximum atomic E-state index is 13.4. The smallest absolute Gasteiger partial charge is 0.243 e. The van der Waals surface area contributed by atoms with Gasteiger partial charge in [-0.15, -0.1) is 11.3 Å². The number of benzene rings is 2. The second-order valence-corrected chi connectivity index (χ2v) is 10.6. The van der Waals surface area contributed by atoms with Crippen LogP contribution >= 0.6 is 22.9 Å². The average Bonchev–Trinajstić information content (AvgIpc) is 3.24. The SMILES string of the molecule is CCc1ccc(Cc2csc(N3CCN(S(=O)(=O)c4ccc(F)c(Cl)c4)CC3)n2)cc1. The molecule has 0 amide bonds. The molecular weight excluding hydrogens is 457 g/mol. The Kier molecular flexibility index (Phi) is 6.62. The molecule has 4 rings (SSSR count). The number of nitrogens with zero attached hydrogens (tertiary/aromatic N) is 3. The maximum absolute atomic E-state index is 13.4. The molecule has 1 aliphatic rings. The summed E-state index contributed by atoms with van der Waals surface area (Å²) in [6.45, 7) is 3.91. The first kappa shape index (κ1) is 22.2. The van der Waals surface area contributed by atoms with E-state index < -0.39 is 15.8 Å². The topological polar surface area (TPSA) is 53.5 Å². The van der Waals surface area contributed by atoms with Crippen molar-refractivity contribution in [2.24, 2.45) is 0 Å². The van der Waals surface area contributed by atoms with Gasteiger partial charge in [0, 0.05) is 38.0 Å². The second kappa shape index (κ2) is 9.24. The average molecular weight is 480 g/mol. The van der Waals surface area contributed by atoms with E-state index in [-0.39, 0.29) is 9.92 Å². The first-order chi connectivity index (χ1) is 14.9. The lowest BCUT2D eigenvalue weighted by Crippen LogP contribution is -2.48. The zero-order valence-corrected chi connectivity index (χ0v) is 19.5. The van der Waals surface area contributed by atoms with E-state index in [1.165, 1.54) is 27.6 Å². The number of thiazole rings is 1. The van der Waals surface area contributed by atoms with Crippen LogP contribution in [-0.4, -0.2) is 43.9 Å². The van der Waals surface area contributed by atoms with Gasteiger partial charge in [0.25, 0.3) is 0 Å². The van der Waals surface area contributed by atoms with Crippen molar-refractivity contribution < 1.29 is 12.8 Å². The molecule has 0 saturated carbocycles. The van der Waals surface area contributed by atoms with E-state index in [0.717, 1.165) is 29.7 Å². The number of hydrogen-bond donors (Lipinski definition) is 0. The van der Waals surface area contributed by atoms with Crippen LogP contribution < -0.4 is 4.90 Å². The summed E-state index contributed by atoms with van der Waals surface area (Å²) in [5.74, 6) is -0.633. The molecule has 3 aromatic rings. The van der Waals surface area contributed by atoms with Gasteiger partial charge in [0.05, 0.1) is 15.6 Å². The van der Waals surface area contributed by atoms with Gasteiger partial charge in [-0.1, -0.05) is 42.8 Å². The van der Waals surface area contributed by atoms with Crippen molar-refractivity contribution in [3.63, 3.8) is 0 Å². The molecule has 0 aliphatic carbocycles. The Morgan fingerprint density at radius 1 is 1.06 bits per heavy atom. The lowest BCUT2D eigenvalue weighted by Gasteiger charge is -2.33. The predicted molar refractivity (Wildman–Crippen MR) is 123 cm³/mol. The van der Waals surface area contributed by atoms with E-state index in [4.69, 9.17) is 16.6 Å². The fraction of sp³-hybridized carbons (Fsp3) is 0.318. The van der Waals surface area contributed by atoms with E-state index in [1.807, 2.05) is 0 Å². The highest BCUT2D eigenvalue weighted by Crippen LogP contribution is 2.26. The Hall–Kier alpha value is -2.00. The molecule has 0 spiro atoms. The molecule has 0 N–H and O–H groups in total. The van der Waals surface area contributed by atoms with Gasteiger partial charge in [0.1, 0.15) is 5.82 Å². The minimum atomic E-state index is -3.71. The third-order valence-electron chi connectivity index (χ3n) is 5.39. The van der Waals surface area contributed by atoms with Gasteiger partial charge in [-0.05, 0) is 35.7 Å². The van der Waals surface area contributed by atoms with Gasteiger partial charge in [0.15, 0.2) is 5.13 Å². The van der Waals surface area contributed by atoms with Crippen LogP contribution in [0, 0.1) is 5.82 Å². The molecule has 0 radical (unpaired) electrons. The van der Waals surface area contributed by atoms with Gasteiger partial charge in [-0.3, -0.25) is 0 Å². The van der Waals surface area contributed by atoms with E-state index >= 15 is 0 Å². The van der Waals surface area contributed by atoms with Crippen molar-refractivity contribution in [1.82, 2.24) is 9.29 Å². The molecular formula is C22H23ClFN3O2S2. The van der Waals surface area contributed by atoms with Crippen molar-refractivity contribution in [2.45, 2.75) is 24.7 Å². The van der Waals surface area contributed by atoms with Crippen LogP contribution in [0.2, 0.25) is 5.02 Å². The Labute approximate surface area is 191 Å². The van der Waals surface area contributed by atoms with Gasteiger partial charge in [-0.2, -0.15) is 4.31 Å². The third-order valence-corrected chi connectivity index (χ3v) is 8.53. The highest BCUT2D eigenvalue weighted by molar-refractivity contribution is 7.89. The number of aryl methyl sites for hydroxylation is 1. The zero-order valence-electron chi connectivity index (χ0n) is 17.1. The minimum absolute atomic E-state index is 0.0120. The van der Waals surface area contributed by atoms with Gasteiger partial charge >= 0.3 is 0 Å². The quantitative estimate of drug-likeness (QED) is 0.518. The van der Waals surface area contributed by atoms with Gasteiger partial charge in [0.2, 0.25) is 10.0 Å². The number of hydrogen-bond acceptors (Lipinski definition) is 5. The Bertz CT molecular complexity index is 1160. The number of halogens is 2. The van der Waals surface area contributed by atoms with Gasteiger partial charge in [-0.25, -0.2) is 17.8 Å². The molecule has 9 heteroatoms. The molecule has 2 aromatic carbocycles. The molecule has 5 nitrogen and oxygen atoms in total. The standard InChI is InChI=1S/C22H23ClFN3O2S2/c1-2-16-3-5-17(6-4-16)13-18-15-30-22(25-18)26-9-11-27(12-10-26)31(28,29)19-7-8-21(24)20(23)14-19/h3-8,14-15H,2,9-13H2,1H3. The van der Waals surface area contributed by atoms with Crippen molar-refractivity contribution in [3.8, 4) is 0 Å². The van der Waals surface area contributed by atoms with E-state index in [1.54, 1.807) is 11.3 Å². The first-order valence-electron chi connectivity index (χ1n) is 10.1. The summed E-state index contributed by atoms with van der Waals surface area (Å²) in [5, 5.41) is 2.77. The van der Waals surface area contributed by atoms with E-state index in [9.17, 15) is 12.8 Å².